The third kappa shape index (κ3) is 5.84. The number of rotatable bonds is 11. The first-order chi connectivity index (χ1) is 23.4. The van der Waals surface area contributed by atoms with Crippen LogP contribution < -0.4 is 5.32 Å². The summed E-state index contributed by atoms with van der Waals surface area (Å²) in [4.78, 5) is 27.5. The molecular weight excluding hydrogens is 620 g/mol. The lowest BCUT2D eigenvalue weighted by molar-refractivity contribution is -0.252. The number of esters is 1. The van der Waals surface area contributed by atoms with Crippen LogP contribution in [0.4, 0.5) is 0 Å². The first-order valence-electron chi connectivity index (χ1n) is 21.3. The summed E-state index contributed by atoms with van der Waals surface area (Å²) in [5, 5.41) is 13.6. The molecule has 50 heavy (non-hydrogen) atoms. The molecule has 0 bridgehead atoms. The zero-order valence-electron chi connectivity index (χ0n) is 33.4. The molecule has 0 radical (unpaired) electrons. The van der Waals surface area contributed by atoms with Crippen molar-refractivity contribution in [1.82, 2.24) is 10.2 Å². The van der Waals surface area contributed by atoms with Crippen LogP contribution in [0.25, 0.3) is 0 Å². The highest BCUT2D eigenvalue weighted by Crippen LogP contribution is 2.79. The molecule has 6 aliphatic carbocycles. The largest absolute Gasteiger partial charge is 0.481 e. The van der Waals surface area contributed by atoms with Crippen LogP contribution >= 0.6 is 0 Å². The van der Waals surface area contributed by atoms with Gasteiger partial charge in [-0.3, -0.25) is 9.59 Å². The maximum atomic E-state index is 13.1. The highest BCUT2D eigenvalue weighted by Gasteiger charge is 2.72. The van der Waals surface area contributed by atoms with E-state index in [1.807, 2.05) is 0 Å². The number of likely N-dealkylation sites (tertiary alicyclic amines) is 1. The number of fused-ring (bicyclic) bond motifs is 7. The molecule has 7 aliphatic rings. The Balaban J connectivity index is 1.09. The van der Waals surface area contributed by atoms with E-state index in [9.17, 15) is 14.7 Å². The van der Waals surface area contributed by atoms with Crippen LogP contribution in [0.5, 0.6) is 0 Å². The Bertz CT molecular complexity index is 1300. The summed E-state index contributed by atoms with van der Waals surface area (Å²) in [6, 6.07) is 0. The molecular formula is C44H74N2O4. The van der Waals surface area contributed by atoms with Crippen LogP contribution in [0.1, 0.15) is 158 Å². The Kier molecular flexibility index (Phi) is 9.47. The van der Waals surface area contributed by atoms with E-state index >= 15 is 0 Å². The standard InChI is InChI=1S/C44H74N2O4/c1-38(2,37(48)49)29-35(47)50-34-15-16-41(6)32(39(34,3)4)14-17-43(8)33(41)12-11-31-36-30(40(5)19-20-40)13-18-44(36,22-21-42(31,43)7)23-24-45-25-28-46-26-9-10-27-46/h30-34,36,45H,9-29H2,1-8H3,(H,48,49)/t30?,31-,32+,33-,34+,36-,41+,42-,43-,44-/m1/s1. The third-order valence-corrected chi connectivity index (χ3v) is 18.5. The Morgan fingerprint density at radius 3 is 2.18 bits per heavy atom. The van der Waals surface area contributed by atoms with Gasteiger partial charge >= 0.3 is 11.9 Å². The van der Waals surface area contributed by atoms with Crippen molar-refractivity contribution in [2.45, 2.75) is 164 Å². The molecule has 0 aromatic heterocycles. The lowest BCUT2D eigenvalue weighted by Gasteiger charge is -2.73. The van der Waals surface area contributed by atoms with Crippen LogP contribution in [0.2, 0.25) is 0 Å². The molecule has 6 heteroatoms. The van der Waals surface area contributed by atoms with E-state index in [0.717, 1.165) is 37.1 Å². The van der Waals surface area contributed by atoms with E-state index in [0.29, 0.717) is 33.5 Å². The minimum absolute atomic E-state index is 0.0748. The minimum Gasteiger partial charge on any atom is -0.481 e. The van der Waals surface area contributed by atoms with Crippen LogP contribution in [0.3, 0.4) is 0 Å². The van der Waals surface area contributed by atoms with Crippen molar-refractivity contribution in [1.29, 1.82) is 0 Å². The predicted octanol–water partition coefficient (Wildman–Crippen LogP) is 9.36. The number of carbonyl (C=O) groups excluding carboxylic acids is 1. The Labute approximate surface area is 305 Å². The van der Waals surface area contributed by atoms with Gasteiger partial charge in [-0.25, -0.2) is 0 Å². The smallest absolute Gasteiger partial charge is 0.309 e. The zero-order valence-corrected chi connectivity index (χ0v) is 33.4. The molecule has 2 N–H and O–H groups in total. The second-order valence-corrected chi connectivity index (χ2v) is 21.6. The summed E-state index contributed by atoms with van der Waals surface area (Å²) >= 11 is 0. The van der Waals surface area contributed by atoms with Gasteiger partial charge < -0.3 is 20.1 Å². The number of aliphatic carboxylic acids is 1. The van der Waals surface area contributed by atoms with E-state index in [1.165, 1.54) is 110 Å². The molecule has 0 amide bonds. The SMILES string of the molecule is CC(C)(CC(=O)O[C@H]1CC[C@]2(C)[C@H]3CC[C@@H]4[C@H]5C(C6(C)CC6)CC[C@]5(CCNCCN5CCCC5)CC[C@@]4(C)[C@]3(C)CC[C@H]2C1(C)C)C(=O)O. The fraction of sp³-hybridized carbons (Fsp3) is 0.955. The molecule has 0 aromatic rings. The van der Waals surface area contributed by atoms with E-state index < -0.39 is 11.4 Å². The number of hydrogen-bond donors (Lipinski definition) is 2. The average molecular weight is 695 g/mol. The maximum absolute atomic E-state index is 13.1. The number of nitrogens with one attached hydrogen (secondary N) is 1. The van der Waals surface area contributed by atoms with Crippen molar-refractivity contribution in [3.63, 3.8) is 0 Å². The van der Waals surface area contributed by atoms with E-state index in [1.54, 1.807) is 13.8 Å². The van der Waals surface area contributed by atoms with Crippen molar-refractivity contribution in [2.24, 2.45) is 67.5 Å². The summed E-state index contributed by atoms with van der Waals surface area (Å²) in [6.07, 6.45) is 19.9. The van der Waals surface area contributed by atoms with Crippen LogP contribution in [0, 0.1) is 67.5 Å². The van der Waals surface area contributed by atoms with E-state index in [2.05, 4.69) is 51.8 Å². The molecule has 284 valence electrons. The van der Waals surface area contributed by atoms with E-state index in [-0.39, 0.29) is 29.3 Å². The van der Waals surface area contributed by atoms with Gasteiger partial charge in [-0.2, -0.15) is 0 Å². The number of ether oxygens (including phenoxy) is 1. The van der Waals surface area contributed by atoms with Crippen molar-refractivity contribution in [2.75, 3.05) is 32.7 Å². The summed E-state index contributed by atoms with van der Waals surface area (Å²) < 4.78 is 6.22. The second-order valence-electron chi connectivity index (χ2n) is 21.6. The van der Waals surface area contributed by atoms with Gasteiger partial charge in [0, 0.05) is 18.5 Å². The highest BCUT2D eigenvalue weighted by molar-refractivity contribution is 5.81. The maximum Gasteiger partial charge on any atom is 0.309 e. The van der Waals surface area contributed by atoms with Crippen molar-refractivity contribution in [3.8, 4) is 0 Å². The highest BCUT2D eigenvalue weighted by atomic mass is 16.5. The molecule has 1 saturated heterocycles. The minimum atomic E-state index is -1.11. The Morgan fingerprint density at radius 1 is 0.780 bits per heavy atom. The van der Waals surface area contributed by atoms with Gasteiger partial charge in [-0.1, -0.05) is 41.5 Å². The number of nitrogens with zero attached hydrogens (tertiary/aromatic N) is 1. The van der Waals surface area contributed by atoms with Gasteiger partial charge in [-0.15, -0.1) is 0 Å². The fourth-order valence-corrected chi connectivity index (χ4v) is 15.0. The molecule has 7 fully saturated rings. The molecule has 0 spiro atoms. The van der Waals surface area contributed by atoms with Crippen LogP contribution in [0.15, 0.2) is 0 Å². The number of carboxylic acid groups (broad SMARTS) is 1. The van der Waals surface area contributed by atoms with Gasteiger partial charge in [0.05, 0.1) is 11.8 Å². The van der Waals surface area contributed by atoms with Gasteiger partial charge in [0.25, 0.3) is 0 Å². The molecule has 1 aliphatic heterocycles. The lowest BCUT2D eigenvalue weighted by atomic mass is 9.32. The van der Waals surface area contributed by atoms with Gasteiger partial charge in [0.1, 0.15) is 6.10 Å². The van der Waals surface area contributed by atoms with Gasteiger partial charge in [-0.05, 0) is 186 Å². The van der Waals surface area contributed by atoms with Crippen molar-refractivity contribution < 1.29 is 19.4 Å². The van der Waals surface area contributed by atoms with Crippen molar-refractivity contribution in [3.05, 3.63) is 0 Å². The molecule has 0 aromatic carbocycles. The summed E-state index contributed by atoms with van der Waals surface area (Å²) in [6.45, 7) is 25.0. The number of carbonyl (C=O) groups is 2. The normalized spacial score (nSPS) is 44.8. The lowest BCUT2D eigenvalue weighted by Crippen LogP contribution is -2.67. The fourth-order valence-electron chi connectivity index (χ4n) is 15.0. The van der Waals surface area contributed by atoms with Crippen molar-refractivity contribution >= 4 is 11.9 Å². The Hall–Kier alpha value is -1.14. The average Bonchev–Trinajstić information content (AvgIpc) is 3.40. The van der Waals surface area contributed by atoms with Crippen LogP contribution in [-0.2, 0) is 14.3 Å². The molecule has 7 rings (SSSR count). The first kappa shape index (κ1) is 37.2. The van der Waals surface area contributed by atoms with E-state index in [4.69, 9.17) is 4.74 Å². The second kappa shape index (κ2) is 12.7. The molecule has 10 atom stereocenters. The number of carboxylic acids is 1. The molecule has 1 heterocycles. The van der Waals surface area contributed by atoms with Crippen LogP contribution in [-0.4, -0.2) is 60.8 Å². The quantitative estimate of drug-likeness (QED) is 0.166. The van der Waals surface area contributed by atoms with Gasteiger partial charge in [0.15, 0.2) is 0 Å². The zero-order chi connectivity index (χ0) is 36.0. The topological polar surface area (TPSA) is 78.9 Å². The number of hydrogen-bond acceptors (Lipinski definition) is 5. The summed E-state index contributed by atoms with van der Waals surface area (Å²) in [5.74, 6) is 2.56. The molecule has 6 nitrogen and oxygen atoms in total. The summed E-state index contributed by atoms with van der Waals surface area (Å²) in [7, 11) is 0. The Morgan fingerprint density at radius 2 is 1.50 bits per heavy atom. The first-order valence-corrected chi connectivity index (χ1v) is 21.3. The molecule has 6 saturated carbocycles. The monoisotopic (exact) mass is 695 g/mol. The predicted molar refractivity (Wildman–Crippen MR) is 201 cm³/mol. The molecule has 1 unspecified atom stereocenters. The summed E-state index contributed by atoms with van der Waals surface area (Å²) in [5.41, 5.74) is 0.838. The third-order valence-electron chi connectivity index (χ3n) is 18.5. The van der Waals surface area contributed by atoms with Gasteiger partial charge in [0.2, 0.25) is 0 Å².